The molecule has 0 bridgehead atoms. The normalized spacial score (nSPS) is 10.4. The van der Waals surface area contributed by atoms with E-state index in [2.05, 4.69) is 0 Å². The fourth-order valence-electron chi connectivity index (χ4n) is 1.79. The second-order valence-corrected chi connectivity index (χ2v) is 4.21. The van der Waals surface area contributed by atoms with Gasteiger partial charge in [-0.25, -0.2) is 8.78 Å². The Hall–Kier alpha value is -1.61. The predicted molar refractivity (Wildman–Crippen MR) is 70.4 cm³/mol. The van der Waals surface area contributed by atoms with Crippen molar-refractivity contribution in [3.63, 3.8) is 0 Å². The third-order valence-electron chi connectivity index (χ3n) is 2.76. The highest BCUT2D eigenvalue weighted by molar-refractivity contribution is 6.17. The molecule has 0 saturated carbocycles. The van der Waals surface area contributed by atoms with E-state index in [4.69, 9.17) is 11.6 Å². The van der Waals surface area contributed by atoms with E-state index in [1.807, 2.05) is 11.9 Å². The molecular formula is C14H12ClF2N. The van der Waals surface area contributed by atoms with E-state index < -0.39 is 0 Å². The minimum Gasteiger partial charge on any atom is -0.344 e. The van der Waals surface area contributed by atoms with Gasteiger partial charge < -0.3 is 4.90 Å². The molecule has 2 aromatic rings. The Labute approximate surface area is 110 Å². The van der Waals surface area contributed by atoms with Crippen molar-refractivity contribution in [3.8, 4) is 0 Å². The highest BCUT2D eigenvalue weighted by Crippen LogP contribution is 2.28. The summed E-state index contributed by atoms with van der Waals surface area (Å²) >= 11 is 5.81. The van der Waals surface area contributed by atoms with Crippen LogP contribution in [0.4, 0.5) is 20.2 Å². The molecule has 0 aliphatic rings. The van der Waals surface area contributed by atoms with Crippen molar-refractivity contribution >= 4 is 23.0 Å². The summed E-state index contributed by atoms with van der Waals surface area (Å²) in [5.74, 6) is -0.385. The molecule has 0 aliphatic heterocycles. The number of rotatable bonds is 3. The highest BCUT2D eigenvalue weighted by atomic mass is 35.5. The average Bonchev–Trinajstić information content (AvgIpc) is 2.38. The molecule has 0 radical (unpaired) electrons. The van der Waals surface area contributed by atoms with Crippen molar-refractivity contribution in [3.05, 3.63) is 59.7 Å². The smallest absolute Gasteiger partial charge is 0.123 e. The van der Waals surface area contributed by atoms with Gasteiger partial charge in [0.25, 0.3) is 0 Å². The molecule has 0 amide bonds. The van der Waals surface area contributed by atoms with Crippen molar-refractivity contribution < 1.29 is 8.78 Å². The molecule has 0 N–H and O–H groups in total. The quantitative estimate of drug-likeness (QED) is 0.742. The Morgan fingerprint density at radius 1 is 1.00 bits per heavy atom. The summed E-state index contributed by atoms with van der Waals surface area (Å²) in [5.41, 5.74) is 2.32. The van der Waals surface area contributed by atoms with E-state index in [-0.39, 0.29) is 17.5 Å². The van der Waals surface area contributed by atoms with Crippen LogP contribution in [0.25, 0.3) is 0 Å². The Morgan fingerprint density at radius 3 is 2.22 bits per heavy atom. The van der Waals surface area contributed by atoms with E-state index in [9.17, 15) is 8.78 Å². The van der Waals surface area contributed by atoms with Gasteiger partial charge in [0.1, 0.15) is 11.6 Å². The number of nitrogens with zero attached hydrogens (tertiary/aromatic N) is 1. The van der Waals surface area contributed by atoms with Gasteiger partial charge in [-0.2, -0.15) is 0 Å². The minimum atomic E-state index is -0.318. The standard InChI is InChI=1S/C14H12ClF2N/c1-18(13-5-2-11(16)3-6-13)14-7-4-12(17)8-10(14)9-15/h2-8H,9H2,1H3. The van der Waals surface area contributed by atoms with E-state index in [1.165, 1.54) is 24.3 Å². The van der Waals surface area contributed by atoms with Gasteiger partial charge in [0.05, 0.1) is 0 Å². The molecule has 0 saturated heterocycles. The number of halogens is 3. The lowest BCUT2D eigenvalue weighted by atomic mass is 10.1. The van der Waals surface area contributed by atoms with Crippen LogP contribution in [0.3, 0.4) is 0 Å². The maximum atomic E-state index is 13.1. The number of benzene rings is 2. The average molecular weight is 268 g/mol. The van der Waals surface area contributed by atoms with Crippen molar-refractivity contribution in [2.75, 3.05) is 11.9 Å². The van der Waals surface area contributed by atoms with E-state index in [1.54, 1.807) is 18.2 Å². The number of anilines is 2. The van der Waals surface area contributed by atoms with Gasteiger partial charge in [-0.1, -0.05) is 0 Å². The van der Waals surface area contributed by atoms with Crippen LogP contribution in [-0.4, -0.2) is 7.05 Å². The molecule has 0 fully saturated rings. The van der Waals surface area contributed by atoms with Crippen LogP contribution in [0.5, 0.6) is 0 Å². The van der Waals surface area contributed by atoms with Crippen LogP contribution in [0, 0.1) is 11.6 Å². The van der Waals surface area contributed by atoms with Gasteiger partial charge in [0.15, 0.2) is 0 Å². The van der Waals surface area contributed by atoms with Gasteiger partial charge in [0, 0.05) is 24.3 Å². The van der Waals surface area contributed by atoms with Gasteiger partial charge >= 0.3 is 0 Å². The fourth-order valence-corrected chi connectivity index (χ4v) is 2.01. The van der Waals surface area contributed by atoms with Crippen LogP contribution >= 0.6 is 11.6 Å². The number of hydrogen-bond donors (Lipinski definition) is 0. The molecule has 0 unspecified atom stereocenters. The molecular weight excluding hydrogens is 256 g/mol. The van der Waals surface area contributed by atoms with E-state index in [0.29, 0.717) is 5.56 Å². The van der Waals surface area contributed by atoms with Crippen LogP contribution < -0.4 is 4.90 Å². The Balaban J connectivity index is 2.39. The first kappa shape index (κ1) is 12.8. The summed E-state index contributed by atoms with van der Waals surface area (Å²) in [6.45, 7) is 0. The first-order valence-corrected chi connectivity index (χ1v) is 5.99. The van der Waals surface area contributed by atoms with Gasteiger partial charge in [0.2, 0.25) is 0 Å². The highest BCUT2D eigenvalue weighted by Gasteiger charge is 2.09. The maximum Gasteiger partial charge on any atom is 0.123 e. The molecule has 2 aromatic carbocycles. The first-order valence-electron chi connectivity index (χ1n) is 5.45. The zero-order chi connectivity index (χ0) is 13.1. The topological polar surface area (TPSA) is 3.24 Å². The first-order chi connectivity index (χ1) is 8.61. The second-order valence-electron chi connectivity index (χ2n) is 3.94. The summed E-state index contributed by atoms with van der Waals surface area (Å²) in [7, 11) is 1.83. The van der Waals surface area contributed by atoms with E-state index >= 15 is 0 Å². The molecule has 2 rings (SSSR count). The van der Waals surface area contributed by atoms with Gasteiger partial charge in [-0.15, -0.1) is 11.6 Å². The largest absolute Gasteiger partial charge is 0.344 e. The van der Waals surface area contributed by atoms with Crippen LogP contribution in [-0.2, 0) is 5.88 Å². The Morgan fingerprint density at radius 2 is 1.61 bits per heavy atom. The Bertz CT molecular complexity index is 540. The molecule has 94 valence electrons. The summed E-state index contributed by atoms with van der Waals surface area (Å²) < 4.78 is 26.0. The van der Waals surface area contributed by atoms with Crippen molar-refractivity contribution in [1.82, 2.24) is 0 Å². The van der Waals surface area contributed by atoms with Crippen molar-refractivity contribution in [2.24, 2.45) is 0 Å². The third-order valence-corrected chi connectivity index (χ3v) is 3.05. The van der Waals surface area contributed by atoms with Gasteiger partial charge in [-0.3, -0.25) is 0 Å². The van der Waals surface area contributed by atoms with E-state index in [0.717, 1.165) is 11.4 Å². The van der Waals surface area contributed by atoms with Crippen molar-refractivity contribution in [1.29, 1.82) is 0 Å². The zero-order valence-corrected chi connectivity index (χ0v) is 10.6. The summed E-state index contributed by atoms with van der Waals surface area (Å²) in [6, 6.07) is 10.5. The maximum absolute atomic E-state index is 13.1. The van der Waals surface area contributed by atoms with Crippen LogP contribution in [0.15, 0.2) is 42.5 Å². The lowest BCUT2D eigenvalue weighted by Crippen LogP contribution is -2.11. The third kappa shape index (κ3) is 2.62. The lowest BCUT2D eigenvalue weighted by molar-refractivity contribution is 0.626. The number of hydrogen-bond acceptors (Lipinski definition) is 1. The summed E-state index contributed by atoms with van der Waals surface area (Å²) in [4.78, 5) is 1.84. The lowest BCUT2D eigenvalue weighted by Gasteiger charge is -2.22. The SMILES string of the molecule is CN(c1ccc(F)cc1)c1ccc(F)cc1CCl. The molecule has 0 aliphatic carbocycles. The molecule has 0 spiro atoms. The summed E-state index contributed by atoms with van der Waals surface area (Å²) in [5, 5.41) is 0. The van der Waals surface area contributed by atoms with Crippen molar-refractivity contribution in [2.45, 2.75) is 5.88 Å². The fraction of sp³-hybridized carbons (Fsp3) is 0.143. The minimum absolute atomic E-state index is 0.221. The second kappa shape index (κ2) is 5.36. The van der Waals surface area contributed by atoms with Crippen LogP contribution in [0.1, 0.15) is 5.56 Å². The Kier molecular flexibility index (Phi) is 3.82. The molecule has 0 aromatic heterocycles. The van der Waals surface area contributed by atoms with Gasteiger partial charge in [-0.05, 0) is 48.0 Å². The molecule has 18 heavy (non-hydrogen) atoms. The molecule has 0 atom stereocenters. The predicted octanol–water partition coefficient (Wildman–Crippen LogP) is 4.47. The number of alkyl halides is 1. The summed E-state index contributed by atoms with van der Waals surface area (Å²) in [6.07, 6.45) is 0. The monoisotopic (exact) mass is 267 g/mol. The molecule has 0 heterocycles. The molecule has 4 heteroatoms. The zero-order valence-electron chi connectivity index (χ0n) is 9.83. The molecule has 1 nitrogen and oxygen atoms in total. The van der Waals surface area contributed by atoms with Crippen LogP contribution in [0.2, 0.25) is 0 Å².